The minimum Gasteiger partial charge on any atom is -0.497 e. The fourth-order valence-electron chi connectivity index (χ4n) is 3.00. The van der Waals surface area contributed by atoms with Gasteiger partial charge in [0, 0.05) is 32.4 Å². The van der Waals surface area contributed by atoms with Gasteiger partial charge in [0.1, 0.15) is 11.6 Å². The molecule has 0 amide bonds. The van der Waals surface area contributed by atoms with Crippen molar-refractivity contribution in [1.29, 1.82) is 0 Å². The molecule has 2 heterocycles. The summed E-state index contributed by atoms with van der Waals surface area (Å²) in [6, 6.07) is 7.64. The van der Waals surface area contributed by atoms with E-state index in [4.69, 9.17) is 14.2 Å². The van der Waals surface area contributed by atoms with Gasteiger partial charge in [-0.2, -0.15) is 5.10 Å². The Labute approximate surface area is 194 Å². The highest BCUT2D eigenvalue weighted by Crippen LogP contribution is 2.18. The van der Waals surface area contributed by atoms with Gasteiger partial charge in [0.05, 0.1) is 26.4 Å². The fourth-order valence-corrected chi connectivity index (χ4v) is 3.00. The van der Waals surface area contributed by atoms with Crippen molar-refractivity contribution in [3.05, 3.63) is 30.1 Å². The van der Waals surface area contributed by atoms with Crippen molar-refractivity contribution >= 4 is 29.9 Å². The lowest BCUT2D eigenvalue weighted by Crippen LogP contribution is -2.37. The molecule has 166 valence electrons. The maximum Gasteiger partial charge on any atom is 0.191 e. The number of nitrogens with one attached hydrogen (secondary N) is 3. The molecule has 0 radical (unpaired) electrons. The number of methoxy groups -OCH3 is 1. The predicted molar refractivity (Wildman–Crippen MR) is 126 cm³/mol. The van der Waals surface area contributed by atoms with E-state index in [2.05, 4.69) is 30.8 Å². The third-order valence-electron chi connectivity index (χ3n) is 4.61. The van der Waals surface area contributed by atoms with Crippen LogP contribution in [0.3, 0.4) is 0 Å². The Hall–Kier alpha value is -1.92. The molecular weight excluding hydrogens is 499 g/mol. The third kappa shape index (κ3) is 7.73. The smallest absolute Gasteiger partial charge is 0.191 e. The number of hydrogen-bond donors (Lipinski definition) is 3. The third-order valence-corrected chi connectivity index (χ3v) is 4.61. The summed E-state index contributed by atoms with van der Waals surface area (Å²) in [7, 11) is 3.39. The number of benzene rings is 1. The van der Waals surface area contributed by atoms with Gasteiger partial charge in [-0.25, -0.2) is 4.98 Å². The number of aliphatic imine (C=N–C) groups is 1. The van der Waals surface area contributed by atoms with Crippen LogP contribution in [0.1, 0.15) is 25.1 Å². The molecule has 1 unspecified atom stereocenters. The monoisotopic (exact) mass is 530 g/mol. The average Bonchev–Trinajstić information content (AvgIpc) is 3.45. The van der Waals surface area contributed by atoms with Gasteiger partial charge < -0.3 is 24.8 Å². The van der Waals surface area contributed by atoms with Crippen molar-refractivity contribution in [2.24, 2.45) is 4.99 Å². The fraction of sp³-hybridized carbons (Fsp3) is 0.550. The van der Waals surface area contributed by atoms with Crippen LogP contribution in [0, 0.1) is 0 Å². The Morgan fingerprint density at radius 3 is 2.83 bits per heavy atom. The second-order valence-corrected chi connectivity index (χ2v) is 6.75. The number of aromatic amines is 1. The summed E-state index contributed by atoms with van der Waals surface area (Å²) in [6.45, 7) is 3.54. The van der Waals surface area contributed by atoms with Crippen molar-refractivity contribution in [1.82, 2.24) is 25.8 Å². The molecule has 1 aromatic carbocycles. The molecule has 30 heavy (non-hydrogen) atoms. The highest BCUT2D eigenvalue weighted by atomic mass is 127. The van der Waals surface area contributed by atoms with Gasteiger partial charge in [-0.15, -0.1) is 24.0 Å². The minimum atomic E-state index is 0. The van der Waals surface area contributed by atoms with Gasteiger partial charge in [-0.1, -0.05) is 0 Å². The van der Waals surface area contributed by atoms with Gasteiger partial charge in [-0.3, -0.25) is 10.1 Å². The quantitative estimate of drug-likeness (QED) is 0.188. The Bertz CT molecular complexity index is 762. The summed E-state index contributed by atoms with van der Waals surface area (Å²) in [4.78, 5) is 8.74. The molecule has 0 saturated carbocycles. The van der Waals surface area contributed by atoms with E-state index in [0.29, 0.717) is 31.5 Å². The van der Waals surface area contributed by atoms with Crippen LogP contribution in [-0.2, 0) is 16.0 Å². The molecule has 1 fully saturated rings. The number of hydrogen-bond acceptors (Lipinski definition) is 6. The van der Waals surface area contributed by atoms with Gasteiger partial charge >= 0.3 is 0 Å². The zero-order valence-electron chi connectivity index (χ0n) is 17.5. The van der Waals surface area contributed by atoms with Crippen LogP contribution in [0.4, 0.5) is 0 Å². The van der Waals surface area contributed by atoms with E-state index in [9.17, 15) is 0 Å². The van der Waals surface area contributed by atoms with Crippen LogP contribution < -0.4 is 15.4 Å². The highest BCUT2D eigenvalue weighted by Gasteiger charge is 2.14. The van der Waals surface area contributed by atoms with E-state index < -0.39 is 0 Å². The molecule has 1 aliphatic heterocycles. The van der Waals surface area contributed by atoms with Crippen LogP contribution in [0.25, 0.3) is 11.4 Å². The lowest BCUT2D eigenvalue weighted by molar-refractivity contribution is 0.0168. The van der Waals surface area contributed by atoms with Crippen molar-refractivity contribution in [2.45, 2.75) is 31.9 Å². The highest BCUT2D eigenvalue weighted by molar-refractivity contribution is 14.0. The van der Waals surface area contributed by atoms with Gasteiger partial charge in [0.15, 0.2) is 11.8 Å². The van der Waals surface area contributed by atoms with E-state index in [0.717, 1.165) is 49.6 Å². The zero-order chi connectivity index (χ0) is 20.3. The largest absolute Gasteiger partial charge is 0.497 e. The van der Waals surface area contributed by atoms with E-state index in [-0.39, 0.29) is 30.1 Å². The first-order valence-corrected chi connectivity index (χ1v) is 9.98. The molecule has 1 saturated heterocycles. The maximum absolute atomic E-state index is 5.67. The van der Waals surface area contributed by atoms with E-state index in [1.165, 1.54) is 0 Å². The number of H-pyrrole nitrogens is 1. The minimum absolute atomic E-state index is 0. The molecule has 3 rings (SSSR count). The van der Waals surface area contributed by atoms with Crippen LogP contribution in [-0.4, -0.2) is 67.8 Å². The second kappa shape index (κ2) is 13.4. The van der Waals surface area contributed by atoms with E-state index >= 15 is 0 Å². The Morgan fingerprint density at radius 1 is 1.30 bits per heavy atom. The molecule has 0 aliphatic carbocycles. The number of guanidine groups is 1. The lowest BCUT2D eigenvalue weighted by Gasteiger charge is -2.12. The molecule has 3 N–H and O–H groups in total. The summed E-state index contributed by atoms with van der Waals surface area (Å²) in [5, 5.41) is 13.7. The summed E-state index contributed by atoms with van der Waals surface area (Å²) in [5.41, 5.74) is 0.929. The summed E-state index contributed by atoms with van der Waals surface area (Å²) < 4.78 is 16.4. The number of nitrogens with zero attached hydrogens (tertiary/aromatic N) is 3. The number of aromatic nitrogens is 3. The van der Waals surface area contributed by atoms with Crippen LogP contribution >= 0.6 is 24.0 Å². The lowest BCUT2D eigenvalue weighted by atomic mass is 10.2. The number of ether oxygens (including phenoxy) is 3. The Balaban J connectivity index is 0.00000320. The molecule has 9 nitrogen and oxygen atoms in total. The first kappa shape index (κ1) is 24.4. The summed E-state index contributed by atoms with van der Waals surface area (Å²) >= 11 is 0. The molecule has 0 bridgehead atoms. The van der Waals surface area contributed by atoms with Crippen molar-refractivity contribution in [3.8, 4) is 17.1 Å². The molecule has 1 aliphatic rings. The van der Waals surface area contributed by atoms with Crippen molar-refractivity contribution in [2.75, 3.05) is 40.5 Å². The maximum atomic E-state index is 5.67. The molecular formula is C20H31IN6O3. The van der Waals surface area contributed by atoms with Crippen molar-refractivity contribution < 1.29 is 14.2 Å². The topological polar surface area (TPSA) is 106 Å². The average molecular weight is 530 g/mol. The van der Waals surface area contributed by atoms with Gasteiger partial charge in [0.25, 0.3) is 0 Å². The summed E-state index contributed by atoms with van der Waals surface area (Å²) in [6.07, 6.45) is 3.43. The zero-order valence-corrected chi connectivity index (χ0v) is 19.8. The molecule has 1 atom stereocenters. The van der Waals surface area contributed by atoms with Gasteiger partial charge in [0.2, 0.25) is 0 Å². The molecule has 10 heteroatoms. The SMILES string of the molecule is CN=C(NCCCOCC1CCCO1)NCc1nc(-c2ccc(OC)cc2)n[nH]1.I. The summed E-state index contributed by atoms with van der Waals surface area (Å²) in [5.74, 6) is 2.90. The molecule has 0 spiro atoms. The first-order chi connectivity index (χ1) is 14.3. The standard InChI is InChI=1S/C20H30N6O3.HI/c1-21-20(22-10-4-11-28-14-17-5-3-12-29-17)23-13-18-24-19(26-25-18)15-6-8-16(27-2)9-7-15;/h6-9,17H,3-5,10-14H2,1-2H3,(H2,21,22,23)(H,24,25,26);1H. The number of halogens is 1. The van der Waals surface area contributed by atoms with E-state index in [1.807, 2.05) is 24.3 Å². The van der Waals surface area contributed by atoms with E-state index in [1.54, 1.807) is 14.2 Å². The van der Waals surface area contributed by atoms with Crippen molar-refractivity contribution in [3.63, 3.8) is 0 Å². The Kier molecular flexibility index (Phi) is 10.9. The van der Waals surface area contributed by atoms with Crippen LogP contribution in [0.15, 0.2) is 29.3 Å². The van der Waals surface area contributed by atoms with Crippen LogP contribution in [0.2, 0.25) is 0 Å². The van der Waals surface area contributed by atoms with Crippen LogP contribution in [0.5, 0.6) is 5.75 Å². The Morgan fingerprint density at radius 2 is 2.13 bits per heavy atom. The molecule has 2 aromatic rings. The van der Waals surface area contributed by atoms with Gasteiger partial charge in [-0.05, 0) is 43.5 Å². The normalized spacial score (nSPS) is 16.2. The predicted octanol–water partition coefficient (Wildman–Crippen LogP) is 2.35. The second-order valence-electron chi connectivity index (χ2n) is 6.75. The first-order valence-electron chi connectivity index (χ1n) is 9.98. The number of rotatable bonds is 10. The molecule has 1 aromatic heterocycles.